The number of rotatable bonds is 12. The summed E-state index contributed by atoms with van der Waals surface area (Å²) in [4.78, 5) is 27.3. The molecule has 0 fully saturated rings. The van der Waals surface area contributed by atoms with Crippen LogP contribution in [0, 0.1) is 5.92 Å². The molecule has 3 N–H and O–H groups in total. The minimum atomic E-state index is -0.607. The Balaban J connectivity index is 2.06. The molecule has 0 aliphatic carbocycles. The maximum Gasteiger partial charge on any atom is 0.224 e. The summed E-state index contributed by atoms with van der Waals surface area (Å²) in [5.41, 5.74) is 1.75. The first-order valence-electron chi connectivity index (χ1n) is 10.1. The van der Waals surface area contributed by atoms with Crippen LogP contribution in [0.15, 0.2) is 73.3 Å². The Kier molecular flexibility index (Phi) is 9.77. The second kappa shape index (κ2) is 12.6. The largest absolute Gasteiger partial charge is 0.395 e. The number of carbonyl (C=O) groups excluding carboxylic acids is 2. The lowest BCUT2D eigenvalue weighted by Crippen LogP contribution is -2.39. The monoisotopic (exact) mass is 410 g/mol. The van der Waals surface area contributed by atoms with Crippen molar-refractivity contribution in [2.24, 2.45) is 5.92 Å². The maximum absolute atomic E-state index is 12.9. The number of carbonyl (C=O) groups is 2. The molecule has 160 valence electrons. The molecule has 2 atom stereocenters. The molecule has 0 heterocycles. The molecule has 2 amide bonds. The van der Waals surface area contributed by atoms with Crippen LogP contribution in [0.25, 0.3) is 0 Å². The van der Waals surface area contributed by atoms with Crippen molar-refractivity contribution in [1.29, 1.82) is 0 Å². The van der Waals surface area contributed by atoms with E-state index in [-0.39, 0.29) is 38.0 Å². The molecule has 0 saturated heterocycles. The smallest absolute Gasteiger partial charge is 0.224 e. The molecule has 0 aromatic heterocycles. The van der Waals surface area contributed by atoms with E-state index in [2.05, 4.69) is 11.9 Å². The zero-order valence-electron chi connectivity index (χ0n) is 17.1. The molecule has 0 radical (unpaired) electrons. The lowest BCUT2D eigenvalue weighted by molar-refractivity contribution is -0.137. The van der Waals surface area contributed by atoms with Gasteiger partial charge in [-0.15, -0.1) is 6.58 Å². The molecule has 6 nitrogen and oxygen atoms in total. The first-order valence-corrected chi connectivity index (χ1v) is 10.1. The number of aliphatic hydroxyl groups excluding tert-OH is 2. The van der Waals surface area contributed by atoms with E-state index in [1.54, 1.807) is 11.0 Å². The highest BCUT2D eigenvalue weighted by molar-refractivity contribution is 5.86. The van der Waals surface area contributed by atoms with Crippen molar-refractivity contribution in [2.45, 2.75) is 25.4 Å². The van der Waals surface area contributed by atoms with Gasteiger partial charge in [0.05, 0.1) is 25.2 Å². The van der Waals surface area contributed by atoms with Gasteiger partial charge in [-0.1, -0.05) is 66.7 Å². The lowest BCUT2D eigenvalue weighted by Gasteiger charge is -2.25. The van der Waals surface area contributed by atoms with Crippen LogP contribution in [0.2, 0.25) is 0 Å². The van der Waals surface area contributed by atoms with Crippen LogP contribution in [0.5, 0.6) is 0 Å². The Morgan fingerprint density at radius 1 is 1.03 bits per heavy atom. The minimum Gasteiger partial charge on any atom is -0.395 e. The summed E-state index contributed by atoms with van der Waals surface area (Å²) in [5.74, 6) is -1.13. The summed E-state index contributed by atoms with van der Waals surface area (Å²) in [5, 5.41) is 21.9. The number of allylic oxidation sites excluding steroid dienone is 1. The minimum absolute atomic E-state index is 0.00236. The number of nitrogens with zero attached hydrogens (tertiary/aromatic N) is 1. The second-order valence-electron chi connectivity index (χ2n) is 7.10. The zero-order valence-corrected chi connectivity index (χ0v) is 17.1. The highest BCUT2D eigenvalue weighted by Crippen LogP contribution is 2.18. The van der Waals surface area contributed by atoms with Gasteiger partial charge in [-0.05, 0) is 17.5 Å². The highest BCUT2D eigenvalue weighted by atomic mass is 16.3. The number of benzene rings is 2. The van der Waals surface area contributed by atoms with Crippen molar-refractivity contribution < 1.29 is 19.8 Å². The van der Waals surface area contributed by atoms with E-state index < -0.39 is 12.0 Å². The molecule has 0 spiro atoms. The van der Waals surface area contributed by atoms with Gasteiger partial charge in [0, 0.05) is 19.5 Å². The van der Waals surface area contributed by atoms with Crippen LogP contribution in [0.3, 0.4) is 0 Å². The Morgan fingerprint density at radius 3 is 2.23 bits per heavy atom. The zero-order chi connectivity index (χ0) is 21.8. The van der Waals surface area contributed by atoms with E-state index in [1.165, 1.54) is 0 Å². The number of aliphatic hydroxyl groups is 2. The van der Waals surface area contributed by atoms with Gasteiger partial charge in [-0.2, -0.15) is 0 Å². The summed E-state index contributed by atoms with van der Waals surface area (Å²) in [6.07, 6.45) is 1.95. The molecule has 30 heavy (non-hydrogen) atoms. The number of amides is 2. The predicted octanol–water partition coefficient (Wildman–Crippen LogP) is 2.44. The average molecular weight is 411 g/mol. The van der Waals surface area contributed by atoms with Crippen LogP contribution < -0.4 is 5.32 Å². The van der Waals surface area contributed by atoms with Gasteiger partial charge in [0.15, 0.2) is 0 Å². The van der Waals surface area contributed by atoms with Crippen molar-refractivity contribution in [3.05, 3.63) is 84.4 Å². The van der Waals surface area contributed by atoms with Gasteiger partial charge in [0.25, 0.3) is 0 Å². The SMILES string of the molecule is C=CC[C@@H](CC(=O)N(CCO)Cc1ccccc1)C(=O)N[C@H](CO)c1ccccc1. The van der Waals surface area contributed by atoms with Crippen LogP contribution in [0.1, 0.15) is 30.0 Å². The molecule has 0 unspecified atom stereocenters. The molecule has 0 saturated carbocycles. The van der Waals surface area contributed by atoms with Crippen LogP contribution in [-0.2, 0) is 16.1 Å². The summed E-state index contributed by atoms with van der Waals surface area (Å²) in [6, 6.07) is 18.2. The summed E-state index contributed by atoms with van der Waals surface area (Å²) in [6.45, 7) is 3.87. The van der Waals surface area contributed by atoms with E-state index in [4.69, 9.17) is 0 Å². The quantitative estimate of drug-likeness (QED) is 0.469. The van der Waals surface area contributed by atoms with Gasteiger partial charge >= 0.3 is 0 Å². The van der Waals surface area contributed by atoms with Crippen LogP contribution in [-0.4, -0.2) is 46.7 Å². The molecule has 0 aliphatic rings. The first kappa shape index (κ1) is 23.3. The van der Waals surface area contributed by atoms with E-state index >= 15 is 0 Å². The van der Waals surface area contributed by atoms with Crippen molar-refractivity contribution >= 4 is 11.8 Å². The first-order chi connectivity index (χ1) is 14.6. The Bertz CT molecular complexity index is 795. The highest BCUT2D eigenvalue weighted by Gasteiger charge is 2.26. The summed E-state index contributed by atoms with van der Waals surface area (Å²) < 4.78 is 0. The maximum atomic E-state index is 12.9. The van der Waals surface area contributed by atoms with E-state index in [1.807, 2.05) is 60.7 Å². The van der Waals surface area contributed by atoms with E-state index in [9.17, 15) is 19.8 Å². The average Bonchev–Trinajstić information content (AvgIpc) is 2.78. The second-order valence-corrected chi connectivity index (χ2v) is 7.10. The van der Waals surface area contributed by atoms with E-state index in [0.29, 0.717) is 13.0 Å². The molecular formula is C24H30N2O4. The fourth-order valence-corrected chi connectivity index (χ4v) is 3.25. The van der Waals surface area contributed by atoms with Gasteiger partial charge in [-0.3, -0.25) is 9.59 Å². The van der Waals surface area contributed by atoms with Crippen molar-refractivity contribution in [3.8, 4) is 0 Å². The predicted molar refractivity (Wildman–Crippen MR) is 116 cm³/mol. The third-order valence-electron chi connectivity index (χ3n) is 4.88. The Hall–Kier alpha value is -2.96. The fourth-order valence-electron chi connectivity index (χ4n) is 3.25. The van der Waals surface area contributed by atoms with Crippen LogP contribution >= 0.6 is 0 Å². The third kappa shape index (κ3) is 7.13. The molecular weight excluding hydrogens is 380 g/mol. The van der Waals surface area contributed by atoms with E-state index in [0.717, 1.165) is 11.1 Å². The van der Waals surface area contributed by atoms with Crippen LogP contribution in [0.4, 0.5) is 0 Å². The Morgan fingerprint density at radius 2 is 1.67 bits per heavy atom. The molecule has 2 aromatic carbocycles. The number of hydrogen-bond donors (Lipinski definition) is 3. The molecule has 0 bridgehead atoms. The van der Waals surface area contributed by atoms with Gasteiger partial charge < -0.3 is 20.4 Å². The third-order valence-corrected chi connectivity index (χ3v) is 4.88. The normalized spacial score (nSPS) is 12.6. The molecule has 2 aromatic rings. The number of hydrogen-bond acceptors (Lipinski definition) is 4. The standard InChI is InChI=1S/C24H30N2O4/c1-2-9-21(24(30)25-22(18-28)20-12-7-4-8-13-20)16-23(29)26(14-15-27)17-19-10-5-3-6-11-19/h2-8,10-13,21-22,27-28H,1,9,14-18H2,(H,25,30)/t21-,22+/m0/s1. The lowest BCUT2D eigenvalue weighted by atomic mass is 9.98. The molecule has 6 heteroatoms. The molecule has 2 rings (SSSR count). The van der Waals surface area contributed by atoms with Gasteiger partial charge in [0.1, 0.15) is 0 Å². The van der Waals surface area contributed by atoms with Gasteiger partial charge in [-0.25, -0.2) is 0 Å². The fraction of sp³-hybridized carbons (Fsp3) is 0.333. The molecule has 0 aliphatic heterocycles. The summed E-state index contributed by atoms with van der Waals surface area (Å²) in [7, 11) is 0. The van der Waals surface area contributed by atoms with Crippen molar-refractivity contribution in [2.75, 3.05) is 19.8 Å². The summed E-state index contributed by atoms with van der Waals surface area (Å²) >= 11 is 0. The number of nitrogens with one attached hydrogen (secondary N) is 1. The van der Waals surface area contributed by atoms with Crippen molar-refractivity contribution in [3.63, 3.8) is 0 Å². The topological polar surface area (TPSA) is 89.9 Å². The Labute approximate surface area is 177 Å². The van der Waals surface area contributed by atoms with Crippen molar-refractivity contribution in [1.82, 2.24) is 10.2 Å². The van der Waals surface area contributed by atoms with Gasteiger partial charge in [0.2, 0.25) is 11.8 Å².